The fraction of sp³-hybridized carbons (Fsp3) is 0.607. The van der Waals surface area contributed by atoms with Gasteiger partial charge in [0.15, 0.2) is 5.82 Å². The van der Waals surface area contributed by atoms with E-state index < -0.39 is 5.60 Å². The second-order valence-corrected chi connectivity index (χ2v) is 11.3. The van der Waals surface area contributed by atoms with Gasteiger partial charge in [0.25, 0.3) is 0 Å². The number of amides is 1. The summed E-state index contributed by atoms with van der Waals surface area (Å²) in [5, 5.41) is 3.60. The number of nitrogens with zero attached hydrogens (tertiary/aromatic N) is 5. The third kappa shape index (κ3) is 6.02. The standard InChI is InChI=1S/C28H40N6O3/c1-28(2,3)37-27(35)33-15-13-32(14-16-33)22-10-12-25(29-18-22)31-26-30-24-17-23(36-4)11-9-20(24)19-34(26)21-7-5-6-8-21/h10,12,17-18,21H,5-9,11,13-16,19H2,1-4H3,(H,29,30,31). The molecule has 5 rings (SSSR count). The Labute approximate surface area is 220 Å². The molecule has 2 fully saturated rings. The topological polar surface area (TPSA) is 82.5 Å². The molecule has 0 atom stereocenters. The second kappa shape index (κ2) is 10.6. The van der Waals surface area contributed by atoms with Crippen LogP contribution in [0.1, 0.15) is 59.3 Å². The molecule has 2 aliphatic carbocycles. The largest absolute Gasteiger partial charge is 0.501 e. The van der Waals surface area contributed by atoms with Crippen molar-refractivity contribution in [2.75, 3.05) is 44.7 Å². The highest BCUT2D eigenvalue weighted by atomic mass is 16.6. The molecule has 37 heavy (non-hydrogen) atoms. The fourth-order valence-corrected chi connectivity index (χ4v) is 5.49. The molecule has 4 aliphatic rings. The van der Waals surface area contributed by atoms with E-state index in [9.17, 15) is 4.79 Å². The molecule has 9 nitrogen and oxygen atoms in total. The van der Waals surface area contributed by atoms with Gasteiger partial charge in [-0.15, -0.1) is 0 Å². The van der Waals surface area contributed by atoms with Gasteiger partial charge in [-0.25, -0.2) is 9.78 Å². The van der Waals surface area contributed by atoms with Crippen molar-refractivity contribution in [3.63, 3.8) is 0 Å². The maximum Gasteiger partial charge on any atom is 0.410 e. The highest BCUT2D eigenvalue weighted by Crippen LogP contribution is 2.32. The summed E-state index contributed by atoms with van der Waals surface area (Å²) in [4.78, 5) is 28.5. The van der Waals surface area contributed by atoms with Crippen LogP contribution in [0.4, 0.5) is 16.3 Å². The minimum absolute atomic E-state index is 0.244. The van der Waals surface area contributed by atoms with Gasteiger partial charge in [0.1, 0.15) is 5.60 Å². The summed E-state index contributed by atoms with van der Waals surface area (Å²) < 4.78 is 11.0. The van der Waals surface area contributed by atoms with E-state index in [1.54, 1.807) is 12.0 Å². The van der Waals surface area contributed by atoms with Crippen molar-refractivity contribution in [2.24, 2.45) is 4.99 Å². The molecule has 0 spiro atoms. The summed E-state index contributed by atoms with van der Waals surface area (Å²) in [5.74, 6) is 2.58. The van der Waals surface area contributed by atoms with Gasteiger partial charge < -0.3 is 29.5 Å². The minimum Gasteiger partial charge on any atom is -0.501 e. The number of carbonyl (C=O) groups excluding carboxylic acids is 1. The van der Waals surface area contributed by atoms with Crippen molar-refractivity contribution in [1.29, 1.82) is 0 Å². The average molecular weight is 509 g/mol. The molecule has 1 saturated carbocycles. The third-order valence-electron chi connectivity index (χ3n) is 7.52. The van der Waals surface area contributed by atoms with Crippen LogP contribution >= 0.6 is 0 Å². The third-order valence-corrected chi connectivity index (χ3v) is 7.52. The van der Waals surface area contributed by atoms with Crippen molar-refractivity contribution in [1.82, 2.24) is 20.1 Å². The van der Waals surface area contributed by atoms with Gasteiger partial charge in [-0.05, 0) is 63.8 Å². The first-order valence-corrected chi connectivity index (χ1v) is 13.6. The zero-order valence-corrected chi connectivity index (χ0v) is 22.6. The lowest BCUT2D eigenvalue weighted by Crippen LogP contribution is -2.51. The number of nitrogens with one attached hydrogen (secondary N) is 1. The molecule has 200 valence electrons. The number of aliphatic imine (C=N–C) groups is 1. The van der Waals surface area contributed by atoms with E-state index in [-0.39, 0.29) is 6.09 Å². The summed E-state index contributed by atoms with van der Waals surface area (Å²) in [6, 6.07) is 4.58. The van der Waals surface area contributed by atoms with E-state index in [1.807, 2.05) is 33.0 Å². The number of allylic oxidation sites excluding steroid dienone is 2. The van der Waals surface area contributed by atoms with Crippen LogP contribution in [0, 0.1) is 0 Å². The van der Waals surface area contributed by atoms with Gasteiger partial charge >= 0.3 is 6.09 Å². The van der Waals surface area contributed by atoms with Gasteiger partial charge in [0, 0.05) is 50.9 Å². The maximum absolute atomic E-state index is 12.4. The molecule has 1 aromatic rings. The quantitative estimate of drug-likeness (QED) is 0.639. The number of hydrogen-bond donors (Lipinski definition) is 1. The van der Waals surface area contributed by atoms with E-state index in [2.05, 4.69) is 32.2 Å². The fourth-order valence-electron chi connectivity index (χ4n) is 5.49. The predicted octanol–water partition coefficient (Wildman–Crippen LogP) is 4.55. The molecule has 1 aromatic heterocycles. The smallest absolute Gasteiger partial charge is 0.410 e. The summed E-state index contributed by atoms with van der Waals surface area (Å²) in [5.41, 5.74) is 3.12. The molecule has 9 heteroatoms. The number of guanidine groups is 1. The monoisotopic (exact) mass is 508 g/mol. The van der Waals surface area contributed by atoms with Crippen molar-refractivity contribution < 1.29 is 14.3 Å². The van der Waals surface area contributed by atoms with Gasteiger partial charge in [-0.3, -0.25) is 0 Å². The van der Waals surface area contributed by atoms with Crippen LogP contribution in [0.5, 0.6) is 0 Å². The number of methoxy groups -OCH3 is 1. The molecule has 0 bridgehead atoms. The molecular formula is C28H40N6O3. The molecule has 2 aliphatic heterocycles. The van der Waals surface area contributed by atoms with Crippen LogP contribution in [0.3, 0.4) is 0 Å². The SMILES string of the molecule is COC1=CC2=C(CC1)CN(C1CCCC1)C(=Nc1ccc(N3CCN(C(=O)OC(C)(C)C)CC3)cn1)N2. The molecule has 3 heterocycles. The lowest BCUT2D eigenvalue weighted by Gasteiger charge is -2.39. The Morgan fingerprint density at radius 3 is 2.51 bits per heavy atom. The lowest BCUT2D eigenvalue weighted by atomic mass is 9.97. The number of pyridine rings is 1. The number of aromatic nitrogens is 1. The Hall–Kier alpha value is -3.23. The van der Waals surface area contributed by atoms with E-state index >= 15 is 0 Å². The molecule has 0 unspecified atom stereocenters. The first-order chi connectivity index (χ1) is 17.8. The summed E-state index contributed by atoms with van der Waals surface area (Å²) in [7, 11) is 1.74. The Kier molecular flexibility index (Phi) is 7.31. The zero-order valence-electron chi connectivity index (χ0n) is 22.6. The number of ether oxygens (including phenoxy) is 2. The normalized spacial score (nSPS) is 22.1. The van der Waals surface area contributed by atoms with Crippen molar-refractivity contribution in [2.45, 2.75) is 70.9 Å². The Morgan fingerprint density at radius 1 is 1.11 bits per heavy atom. The summed E-state index contributed by atoms with van der Waals surface area (Å²) >= 11 is 0. The first kappa shape index (κ1) is 25.4. The van der Waals surface area contributed by atoms with Crippen molar-refractivity contribution >= 4 is 23.6 Å². The van der Waals surface area contributed by atoms with E-state index in [4.69, 9.17) is 14.5 Å². The molecular weight excluding hydrogens is 468 g/mol. The van der Waals surface area contributed by atoms with Crippen LogP contribution in [0.25, 0.3) is 0 Å². The first-order valence-electron chi connectivity index (χ1n) is 13.6. The van der Waals surface area contributed by atoms with Crippen LogP contribution in [0.2, 0.25) is 0 Å². The molecule has 0 radical (unpaired) electrons. The number of anilines is 1. The van der Waals surface area contributed by atoms with Gasteiger partial charge in [0.2, 0.25) is 5.96 Å². The minimum atomic E-state index is -0.479. The summed E-state index contributed by atoms with van der Waals surface area (Å²) in [6.07, 6.45) is 10.7. The number of piperazine rings is 1. The number of rotatable bonds is 4. The van der Waals surface area contributed by atoms with Crippen LogP contribution in [0.15, 0.2) is 46.4 Å². The Bertz CT molecular complexity index is 1070. The highest BCUT2D eigenvalue weighted by molar-refractivity contribution is 5.86. The zero-order chi connectivity index (χ0) is 26.0. The highest BCUT2D eigenvalue weighted by Gasteiger charge is 2.32. The number of carbonyl (C=O) groups is 1. The van der Waals surface area contributed by atoms with E-state index in [0.717, 1.165) is 55.6 Å². The van der Waals surface area contributed by atoms with Crippen LogP contribution in [-0.2, 0) is 9.47 Å². The van der Waals surface area contributed by atoms with Crippen LogP contribution < -0.4 is 10.2 Å². The molecule has 1 saturated heterocycles. The van der Waals surface area contributed by atoms with Gasteiger partial charge in [-0.2, -0.15) is 4.99 Å². The van der Waals surface area contributed by atoms with Gasteiger partial charge in [0.05, 0.1) is 24.8 Å². The average Bonchev–Trinajstić information content (AvgIpc) is 3.42. The molecule has 1 N–H and O–H groups in total. The second-order valence-electron chi connectivity index (χ2n) is 11.3. The number of hydrogen-bond acceptors (Lipinski definition) is 6. The Morgan fingerprint density at radius 2 is 1.86 bits per heavy atom. The maximum atomic E-state index is 12.4. The Balaban J connectivity index is 1.27. The van der Waals surface area contributed by atoms with E-state index in [1.165, 1.54) is 31.3 Å². The predicted molar refractivity (Wildman–Crippen MR) is 145 cm³/mol. The summed E-state index contributed by atoms with van der Waals surface area (Å²) in [6.45, 7) is 9.36. The van der Waals surface area contributed by atoms with Crippen molar-refractivity contribution in [3.05, 3.63) is 41.4 Å². The molecule has 0 aromatic carbocycles. The van der Waals surface area contributed by atoms with Crippen molar-refractivity contribution in [3.8, 4) is 0 Å². The van der Waals surface area contributed by atoms with E-state index in [0.29, 0.717) is 24.9 Å². The van der Waals surface area contributed by atoms with Crippen LogP contribution in [-0.4, -0.2) is 78.3 Å². The van der Waals surface area contributed by atoms with Gasteiger partial charge in [-0.1, -0.05) is 12.8 Å². The molecule has 1 amide bonds. The lowest BCUT2D eigenvalue weighted by molar-refractivity contribution is 0.0240.